The van der Waals surface area contributed by atoms with Gasteiger partial charge in [0.1, 0.15) is 0 Å². The summed E-state index contributed by atoms with van der Waals surface area (Å²) < 4.78 is 15.7. The molecule has 48 valence electrons. The Morgan fingerprint density at radius 2 is 2.25 bits per heavy atom. The third-order valence-corrected chi connectivity index (χ3v) is 0.556. The minimum atomic E-state index is -1.77. The van der Waals surface area contributed by atoms with Crippen molar-refractivity contribution < 1.29 is 6.85 Å². The van der Waals surface area contributed by atoms with Crippen molar-refractivity contribution in [1.29, 1.82) is 8.12 Å². The molecule has 0 radical (unpaired) electrons. The van der Waals surface area contributed by atoms with Crippen molar-refractivity contribution in [1.82, 2.24) is 0 Å². The van der Waals surface area contributed by atoms with Gasteiger partial charge in [-0.15, -0.1) is 0 Å². The van der Waals surface area contributed by atoms with E-state index >= 15 is 0 Å². The van der Waals surface area contributed by atoms with Crippen LogP contribution in [0.2, 0.25) is 0 Å². The Morgan fingerprint density at radius 3 is 2.25 bits per heavy atom. The lowest BCUT2D eigenvalue weighted by Crippen LogP contribution is -1.97. The summed E-state index contributed by atoms with van der Waals surface area (Å²) >= 11 is 15.3. The predicted octanol–water partition coefficient (Wildman–Crippen LogP) is 1.45. The summed E-state index contributed by atoms with van der Waals surface area (Å²) in [5, 5.41) is 7.98. The fourth-order valence-corrected chi connectivity index (χ4v) is 0.220. The van der Waals surface area contributed by atoms with Gasteiger partial charge in [-0.1, -0.05) is 34.8 Å². The molecule has 0 aromatic rings. The molecular weight excluding hydrogens is 172 g/mol. The van der Waals surface area contributed by atoms with Gasteiger partial charge in [-0.3, -0.25) is 0 Å². The van der Waals surface area contributed by atoms with Gasteiger partial charge in [-0.05, 0) is 0 Å². The predicted molar refractivity (Wildman–Crippen MR) is 34.1 cm³/mol. The molecule has 0 saturated heterocycles. The van der Waals surface area contributed by atoms with Gasteiger partial charge < -0.3 is 5.48 Å². The number of nitrogens with zero attached hydrogens (tertiary/aromatic N) is 1. The molecule has 0 aromatic heterocycles. The molecule has 2 N–H and O–H groups in total. The van der Waals surface area contributed by atoms with E-state index < -0.39 is 10.2 Å². The number of hydrogen-bond donors (Lipinski definition) is 0. The van der Waals surface area contributed by atoms with Gasteiger partial charge in [-0.25, -0.2) is 0 Å². The Hall–Kier alpha value is 0.320. The normalized spacial score (nSPS) is 17.5. The summed E-state index contributed by atoms with van der Waals surface area (Å²) in [6.07, 6.45) is -1.30. The van der Waals surface area contributed by atoms with E-state index in [0.29, 0.717) is 0 Å². The molecule has 0 fully saturated rings. The van der Waals surface area contributed by atoms with Gasteiger partial charge in [0.15, 0.2) is 0 Å². The molecule has 0 saturated carbocycles. The zero-order chi connectivity index (χ0) is 9.49. The lowest BCUT2D eigenvalue weighted by atomic mass is 10.5. The topological polar surface area (TPSA) is 55.3 Å². The summed E-state index contributed by atoms with van der Waals surface area (Å²) in [7, 11) is 0. The maximum Gasteiger partial charge on any atom is 0.206 e. The maximum atomic E-state index is 7.98. The van der Waals surface area contributed by atoms with Crippen molar-refractivity contribution in [3.05, 3.63) is 0 Å². The molecule has 0 spiro atoms. The molecule has 8 heavy (non-hydrogen) atoms. The van der Waals surface area contributed by atoms with Crippen LogP contribution in [0.4, 0.5) is 0 Å². The molecule has 1 unspecified atom stereocenters. The highest BCUT2D eigenvalue weighted by Crippen LogP contribution is 2.28. The molecule has 5 heteroatoms. The van der Waals surface area contributed by atoms with E-state index in [1.807, 2.05) is 0 Å². The SMILES string of the molecule is [2H]C(C#N)C(Cl)(Cl)Cl.[2H]O[2H]. The van der Waals surface area contributed by atoms with Gasteiger partial charge in [-0.2, -0.15) is 5.26 Å². The van der Waals surface area contributed by atoms with Crippen LogP contribution in [-0.2, 0) is 0 Å². The van der Waals surface area contributed by atoms with Crippen molar-refractivity contribution in [2.75, 3.05) is 0 Å². The van der Waals surface area contributed by atoms with E-state index in [2.05, 4.69) is 5.48 Å². The van der Waals surface area contributed by atoms with Crippen LogP contribution in [-0.4, -0.2) is 12.1 Å². The summed E-state index contributed by atoms with van der Waals surface area (Å²) in [6.45, 7) is 0. The first-order chi connectivity index (χ1) is 4.90. The number of nitriles is 1. The quantitative estimate of drug-likeness (QED) is 0.519. The van der Waals surface area contributed by atoms with E-state index in [1.165, 1.54) is 6.07 Å². The maximum absolute atomic E-state index is 7.98. The molecule has 2 nitrogen and oxygen atoms in total. The zero-order valence-corrected chi connectivity index (χ0v) is 5.83. The van der Waals surface area contributed by atoms with Crippen LogP contribution >= 0.6 is 34.8 Å². The fourth-order valence-electron chi connectivity index (χ4n) is 0.0732. The van der Waals surface area contributed by atoms with Gasteiger partial charge in [0, 0.05) is 1.37 Å². The van der Waals surface area contributed by atoms with Gasteiger partial charge in [0.2, 0.25) is 6.65 Å². The molecule has 1 atom stereocenters. The van der Waals surface area contributed by atoms with Gasteiger partial charge in [0.05, 0.1) is 12.5 Å². The number of alkyl halides is 3. The molecule has 0 aliphatic carbocycles. The van der Waals surface area contributed by atoms with E-state index in [1.54, 1.807) is 0 Å². The monoisotopic (exact) mass is 178 g/mol. The van der Waals surface area contributed by atoms with E-state index in [-0.39, 0.29) is 0 Å². The number of halogens is 3. The van der Waals surface area contributed by atoms with Gasteiger partial charge in [0.25, 0.3) is 0 Å². The highest BCUT2D eigenvalue weighted by molar-refractivity contribution is 6.67. The minimum Gasteiger partial charge on any atom is -0.412 e. The number of rotatable bonds is 0. The highest BCUT2D eigenvalue weighted by atomic mass is 35.6. The average molecular weight is 179 g/mol. The minimum absolute atomic E-state index is 1.30. The van der Waals surface area contributed by atoms with Crippen LogP contribution in [0.5, 0.6) is 0 Å². The number of hydrogen-bond acceptors (Lipinski definition) is 1. The lowest BCUT2D eigenvalue weighted by Gasteiger charge is -2.00. The lowest BCUT2D eigenvalue weighted by molar-refractivity contribution is 0.824. The largest absolute Gasteiger partial charge is 0.412 e. The second kappa shape index (κ2) is 4.22. The Labute approximate surface area is 66.6 Å². The molecule has 0 heterocycles. The van der Waals surface area contributed by atoms with Crippen molar-refractivity contribution >= 4 is 34.8 Å². The molecular formula is C3H4Cl3NO. The molecule has 0 rings (SSSR count). The second-order valence-corrected chi connectivity index (χ2v) is 3.18. The van der Waals surface area contributed by atoms with Crippen LogP contribution in [0.1, 0.15) is 7.77 Å². The first-order valence-corrected chi connectivity index (χ1v) is 2.50. The first kappa shape index (κ1) is 5.13. The van der Waals surface area contributed by atoms with E-state index in [0.717, 1.165) is 0 Å². The Balaban J connectivity index is 0. The van der Waals surface area contributed by atoms with E-state index in [9.17, 15) is 0 Å². The molecule has 0 aliphatic rings. The van der Waals surface area contributed by atoms with Crippen LogP contribution in [0.25, 0.3) is 0 Å². The van der Waals surface area contributed by atoms with Crippen LogP contribution in [0, 0.1) is 11.3 Å². The van der Waals surface area contributed by atoms with E-state index in [4.69, 9.17) is 44.3 Å². The van der Waals surface area contributed by atoms with Crippen LogP contribution < -0.4 is 0 Å². The van der Waals surface area contributed by atoms with Crippen molar-refractivity contribution in [2.45, 2.75) is 10.2 Å². The first-order valence-electron chi connectivity index (χ1n) is 2.76. The zero-order valence-electron chi connectivity index (χ0n) is 6.57. The Bertz CT molecular complexity index is 133. The summed E-state index contributed by atoms with van der Waals surface area (Å²) in [5.41, 5.74) is 2.75. The highest BCUT2D eigenvalue weighted by Gasteiger charge is 2.17. The molecule has 0 aliphatic heterocycles. The van der Waals surface area contributed by atoms with Crippen molar-refractivity contribution in [3.63, 3.8) is 0 Å². The Kier molecular flexibility index (Phi) is 2.71. The fraction of sp³-hybridized carbons (Fsp3) is 0.667. The smallest absolute Gasteiger partial charge is 0.206 e. The molecule has 0 aromatic carbocycles. The standard InChI is InChI=1S/C3H2Cl3N.H2O/c4-3(5,6)1-2-7;/h1H2;1H2/i1D;/hD2. The second-order valence-electron chi connectivity index (χ2n) is 0.815. The molecule has 0 amide bonds. The van der Waals surface area contributed by atoms with Crippen LogP contribution in [0.15, 0.2) is 0 Å². The van der Waals surface area contributed by atoms with Crippen molar-refractivity contribution in [3.8, 4) is 6.07 Å². The molecule has 0 bridgehead atoms. The van der Waals surface area contributed by atoms with Crippen LogP contribution in [0.3, 0.4) is 0 Å². The average Bonchev–Trinajstić information content (AvgIpc) is 1.86. The van der Waals surface area contributed by atoms with Gasteiger partial charge >= 0.3 is 0 Å². The third kappa shape index (κ3) is 9.58. The summed E-state index contributed by atoms with van der Waals surface area (Å²) in [5.74, 6) is 0. The third-order valence-electron chi connectivity index (χ3n) is 0.228. The Morgan fingerprint density at radius 1 is 1.88 bits per heavy atom. The summed E-state index contributed by atoms with van der Waals surface area (Å²) in [6, 6.07) is 1.48. The van der Waals surface area contributed by atoms with Crippen molar-refractivity contribution in [2.24, 2.45) is 0 Å². The summed E-state index contributed by atoms with van der Waals surface area (Å²) in [4.78, 5) is 0.